The molecule has 0 fully saturated rings. The molecule has 0 bridgehead atoms. The number of hydrazine groups is 1. The van der Waals surface area contributed by atoms with E-state index in [1.165, 1.54) is 6.33 Å². The van der Waals surface area contributed by atoms with Crippen LogP contribution < -0.4 is 21.5 Å². The summed E-state index contributed by atoms with van der Waals surface area (Å²) in [5.41, 5.74) is 16.7. The predicted octanol–water partition coefficient (Wildman–Crippen LogP) is 5.54. The molecule has 0 aliphatic rings. The molecule has 0 spiro atoms. The second-order valence-corrected chi connectivity index (χ2v) is 9.16. The summed E-state index contributed by atoms with van der Waals surface area (Å²) < 4.78 is 0. The summed E-state index contributed by atoms with van der Waals surface area (Å²) in [6, 6.07) is 39.7. The lowest BCUT2D eigenvalue weighted by Crippen LogP contribution is -2.35. The summed E-state index contributed by atoms with van der Waals surface area (Å²) in [6.07, 6.45) is 1.45. The molecule has 1 amide bonds. The zero-order valence-electron chi connectivity index (χ0n) is 21.4. The van der Waals surface area contributed by atoms with E-state index in [0.717, 1.165) is 22.3 Å². The molecular formula is C32H30N6O. The van der Waals surface area contributed by atoms with Gasteiger partial charge in [-0.05, 0) is 22.3 Å². The van der Waals surface area contributed by atoms with Crippen LogP contribution in [-0.4, -0.2) is 15.9 Å². The first kappa shape index (κ1) is 25.5. The predicted molar refractivity (Wildman–Crippen MR) is 156 cm³/mol. The largest absolute Gasteiger partial charge is 0.393 e. The zero-order chi connectivity index (χ0) is 26.9. The van der Waals surface area contributed by atoms with Crippen LogP contribution in [0.1, 0.15) is 28.2 Å². The number of nitrogens with two attached hydrogens (primary N) is 1. The number of nitrogens with zero attached hydrogens (tertiary/aromatic N) is 3. The highest BCUT2D eigenvalue weighted by atomic mass is 16.2. The Balaban J connectivity index is 1.39. The minimum absolute atomic E-state index is 0.225. The van der Waals surface area contributed by atoms with Crippen molar-refractivity contribution in [3.05, 3.63) is 150 Å². The Morgan fingerprint density at radius 1 is 0.692 bits per heavy atom. The number of benzene rings is 4. The van der Waals surface area contributed by atoms with E-state index < -0.39 is 5.92 Å². The number of hydrogen-bond acceptors (Lipinski definition) is 6. The van der Waals surface area contributed by atoms with Gasteiger partial charge in [-0.15, -0.1) is 0 Å². The van der Waals surface area contributed by atoms with Crippen LogP contribution in [0.4, 0.5) is 17.3 Å². The molecule has 7 nitrogen and oxygen atoms in total. The van der Waals surface area contributed by atoms with Gasteiger partial charge in [-0.1, -0.05) is 121 Å². The number of nitrogen functional groups attached to an aromatic ring is 1. The fraction of sp³-hybridized carbons (Fsp3) is 0.0938. The minimum atomic E-state index is -0.505. The second kappa shape index (κ2) is 12.4. The Morgan fingerprint density at radius 2 is 1.15 bits per heavy atom. The monoisotopic (exact) mass is 514 g/mol. The van der Waals surface area contributed by atoms with Gasteiger partial charge in [-0.3, -0.25) is 15.6 Å². The number of carbonyl (C=O) groups excluding carboxylic acids is 1. The molecule has 4 N–H and O–H groups in total. The number of hydrogen-bond donors (Lipinski definition) is 3. The summed E-state index contributed by atoms with van der Waals surface area (Å²) >= 11 is 0. The van der Waals surface area contributed by atoms with Gasteiger partial charge in [0.05, 0.1) is 5.92 Å². The van der Waals surface area contributed by atoms with Gasteiger partial charge in [0.2, 0.25) is 5.91 Å². The van der Waals surface area contributed by atoms with Gasteiger partial charge < -0.3 is 10.6 Å². The molecule has 5 aromatic rings. The van der Waals surface area contributed by atoms with Crippen molar-refractivity contribution in [1.82, 2.24) is 15.4 Å². The van der Waals surface area contributed by atoms with Crippen molar-refractivity contribution in [3.8, 4) is 0 Å². The van der Waals surface area contributed by atoms with Crippen molar-refractivity contribution < 1.29 is 4.79 Å². The second-order valence-electron chi connectivity index (χ2n) is 9.16. The van der Waals surface area contributed by atoms with Crippen LogP contribution in [0.5, 0.6) is 0 Å². The van der Waals surface area contributed by atoms with Crippen LogP contribution in [0.2, 0.25) is 0 Å². The van der Waals surface area contributed by atoms with E-state index >= 15 is 0 Å². The van der Waals surface area contributed by atoms with Crippen molar-refractivity contribution in [3.63, 3.8) is 0 Å². The van der Waals surface area contributed by atoms with E-state index in [2.05, 4.69) is 50.0 Å². The Morgan fingerprint density at radius 3 is 1.64 bits per heavy atom. The lowest BCUT2D eigenvalue weighted by Gasteiger charge is -2.26. The first-order valence-electron chi connectivity index (χ1n) is 12.8. The quantitative estimate of drug-likeness (QED) is 0.212. The lowest BCUT2D eigenvalue weighted by atomic mass is 9.91. The van der Waals surface area contributed by atoms with Crippen LogP contribution in [0, 0.1) is 0 Å². The summed E-state index contributed by atoms with van der Waals surface area (Å²) in [6.45, 7) is 1.21. The molecule has 194 valence electrons. The summed E-state index contributed by atoms with van der Waals surface area (Å²) in [7, 11) is 0. The number of rotatable bonds is 10. The summed E-state index contributed by atoms with van der Waals surface area (Å²) in [5.74, 6) is 0.184. The Kier molecular flexibility index (Phi) is 8.09. The molecule has 0 atom stereocenters. The minimum Gasteiger partial charge on any atom is -0.393 e. The standard InChI is InChI=1S/C32H30N6O/c33-29-30(36-37-32(39)28(26-17-9-3-10-18-26)27-19-11-4-12-20-27)34-23-35-31(29)38(21-24-13-5-1-6-14-24)22-25-15-7-2-8-16-25/h1-20,23,28H,21-22,33H2,(H,37,39)(H,34,35,36). The third kappa shape index (κ3) is 6.40. The summed E-state index contributed by atoms with van der Waals surface area (Å²) in [4.78, 5) is 24.4. The third-order valence-electron chi connectivity index (χ3n) is 6.43. The molecule has 1 aromatic heterocycles. The Labute approximate surface area is 228 Å². The number of nitrogens with one attached hydrogen (secondary N) is 2. The van der Waals surface area contributed by atoms with E-state index in [1.807, 2.05) is 97.1 Å². The first-order valence-corrected chi connectivity index (χ1v) is 12.8. The Bertz CT molecular complexity index is 1400. The fourth-order valence-electron chi connectivity index (χ4n) is 4.53. The van der Waals surface area contributed by atoms with Crippen molar-refractivity contribution in [1.29, 1.82) is 0 Å². The molecule has 1 heterocycles. The topological polar surface area (TPSA) is 96.2 Å². The van der Waals surface area contributed by atoms with Crippen LogP contribution in [-0.2, 0) is 17.9 Å². The average molecular weight is 515 g/mol. The van der Waals surface area contributed by atoms with Crippen LogP contribution in [0.3, 0.4) is 0 Å². The molecule has 0 radical (unpaired) electrons. The van der Waals surface area contributed by atoms with E-state index in [0.29, 0.717) is 30.4 Å². The highest BCUT2D eigenvalue weighted by Crippen LogP contribution is 2.29. The number of aromatic nitrogens is 2. The molecule has 0 aliphatic heterocycles. The molecule has 39 heavy (non-hydrogen) atoms. The van der Waals surface area contributed by atoms with E-state index in [1.54, 1.807) is 0 Å². The van der Waals surface area contributed by atoms with Gasteiger partial charge in [-0.25, -0.2) is 9.97 Å². The maximum absolute atomic E-state index is 13.5. The molecule has 0 aliphatic carbocycles. The molecular weight excluding hydrogens is 484 g/mol. The lowest BCUT2D eigenvalue weighted by molar-refractivity contribution is -0.121. The van der Waals surface area contributed by atoms with Crippen molar-refractivity contribution in [2.45, 2.75) is 19.0 Å². The molecule has 0 unspecified atom stereocenters. The first-order chi connectivity index (χ1) is 19.2. The highest BCUT2D eigenvalue weighted by molar-refractivity contribution is 5.88. The molecule has 7 heteroatoms. The van der Waals surface area contributed by atoms with Crippen LogP contribution in [0.25, 0.3) is 0 Å². The van der Waals surface area contributed by atoms with E-state index in [-0.39, 0.29) is 5.91 Å². The van der Waals surface area contributed by atoms with Gasteiger partial charge in [0.25, 0.3) is 0 Å². The van der Waals surface area contributed by atoms with Gasteiger partial charge in [0.1, 0.15) is 12.0 Å². The van der Waals surface area contributed by atoms with E-state index in [9.17, 15) is 4.79 Å². The highest BCUT2D eigenvalue weighted by Gasteiger charge is 2.23. The van der Waals surface area contributed by atoms with Gasteiger partial charge in [0, 0.05) is 13.1 Å². The van der Waals surface area contributed by atoms with Crippen molar-refractivity contribution in [2.24, 2.45) is 0 Å². The molecule has 5 rings (SSSR count). The fourth-order valence-corrected chi connectivity index (χ4v) is 4.53. The van der Waals surface area contributed by atoms with Crippen LogP contribution >= 0.6 is 0 Å². The molecule has 4 aromatic carbocycles. The maximum Gasteiger partial charge on any atom is 0.250 e. The Hall–Kier alpha value is -5.17. The number of amides is 1. The maximum atomic E-state index is 13.5. The normalized spacial score (nSPS) is 10.7. The van der Waals surface area contributed by atoms with Gasteiger partial charge >= 0.3 is 0 Å². The third-order valence-corrected chi connectivity index (χ3v) is 6.43. The van der Waals surface area contributed by atoms with Gasteiger partial charge in [-0.2, -0.15) is 0 Å². The van der Waals surface area contributed by atoms with E-state index in [4.69, 9.17) is 5.73 Å². The van der Waals surface area contributed by atoms with Gasteiger partial charge in [0.15, 0.2) is 11.6 Å². The van der Waals surface area contributed by atoms with Crippen LogP contribution in [0.15, 0.2) is 128 Å². The SMILES string of the molecule is Nc1c(NNC(=O)C(c2ccccc2)c2ccccc2)ncnc1N(Cc1ccccc1)Cc1ccccc1. The smallest absolute Gasteiger partial charge is 0.250 e. The van der Waals surface area contributed by atoms with Crippen molar-refractivity contribution >= 4 is 23.2 Å². The van der Waals surface area contributed by atoms with Crippen molar-refractivity contribution in [2.75, 3.05) is 16.1 Å². The zero-order valence-corrected chi connectivity index (χ0v) is 21.4. The summed E-state index contributed by atoms with van der Waals surface area (Å²) in [5, 5.41) is 0. The number of carbonyl (C=O) groups is 1. The molecule has 0 saturated carbocycles. The molecule has 0 saturated heterocycles. The number of anilines is 3. The average Bonchev–Trinajstić information content (AvgIpc) is 2.99.